The summed E-state index contributed by atoms with van der Waals surface area (Å²) in [6.45, 7) is 0.567. The van der Waals surface area contributed by atoms with Crippen LogP contribution in [0.1, 0.15) is 11.1 Å². The lowest BCUT2D eigenvalue weighted by Crippen LogP contribution is -2.37. The highest BCUT2D eigenvalue weighted by Crippen LogP contribution is 2.27. The molecule has 6 heteroatoms. The molecule has 1 aliphatic heterocycles. The summed E-state index contributed by atoms with van der Waals surface area (Å²) in [5.41, 5.74) is 2.87. The van der Waals surface area contributed by atoms with Gasteiger partial charge < -0.3 is 4.90 Å². The highest BCUT2D eigenvalue weighted by atomic mass is 32.2. The van der Waals surface area contributed by atoms with E-state index in [0.29, 0.717) is 19.4 Å². The van der Waals surface area contributed by atoms with Gasteiger partial charge in [-0.05, 0) is 23.6 Å². The SMILES string of the molecule is O=C1Cc2ccccc2N1CCNS(=O)(=O)CCc1ccccc1. The lowest BCUT2D eigenvalue weighted by Gasteiger charge is -2.17. The van der Waals surface area contributed by atoms with Crippen LogP contribution in [0.2, 0.25) is 0 Å². The first-order chi connectivity index (χ1) is 11.6. The van der Waals surface area contributed by atoms with Crippen LogP contribution >= 0.6 is 0 Å². The van der Waals surface area contributed by atoms with Crippen molar-refractivity contribution < 1.29 is 13.2 Å². The van der Waals surface area contributed by atoms with Gasteiger partial charge in [0.05, 0.1) is 12.2 Å². The number of benzene rings is 2. The fourth-order valence-corrected chi connectivity index (χ4v) is 3.89. The van der Waals surface area contributed by atoms with Crippen molar-refractivity contribution in [2.45, 2.75) is 12.8 Å². The number of aryl methyl sites for hydroxylation is 1. The second-order valence-corrected chi connectivity index (χ2v) is 7.73. The van der Waals surface area contributed by atoms with E-state index >= 15 is 0 Å². The fourth-order valence-electron chi connectivity index (χ4n) is 2.84. The summed E-state index contributed by atoms with van der Waals surface area (Å²) in [5.74, 6) is 0.0568. The van der Waals surface area contributed by atoms with Crippen LogP contribution in [0.4, 0.5) is 5.69 Å². The molecule has 1 N–H and O–H groups in total. The van der Waals surface area contributed by atoms with Crippen molar-refractivity contribution in [3.8, 4) is 0 Å². The van der Waals surface area contributed by atoms with Crippen LogP contribution in [0.5, 0.6) is 0 Å². The smallest absolute Gasteiger partial charge is 0.231 e. The van der Waals surface area contributed by atoms with Gasteiger partial charge in [0.25, 0.3) is 0 Å². The summed E-state index contributed by atoms with van der Waals surface area (Å²) in [6.07, 6.45) is 0.860. The molecule has 0 fully saturated rings. The fraction of sp³-hybridized carbons (Fsp3) is 0.278. The number of nitrogens with one attached hydrogen (secondary N) is 1. The van der Waals surface area contributed by atoms with Crippen LogP contribution in [0, 0.1) is 0 Å². The number of rotatable bonds is 7. The van der Waals surface area contributed by atoms with Crippen LogP contribution in [0.3, 0.4) is 0 Å². The topological polar surface area (TPSA) is 66.5 Å². The highest BCUT2D eigenvalue weighted by molar-refractivity contribution is 7.89. The van der Waals surface area contributed by atoms with Crippen LogP contribution < -0.4 is 9.62 Å². The molecule has 1 amide bonds. The average molecular weight is 344 g/mol. The molecular formula is C18H20N2O3S. The Morgan fingerprint density at radius 3 is 2.50 bits per heavy atom. The minimum Gasteiger partial charge on any atom is -0.311 e. The molecule has 5 nitrogen and oxygen atoms in total. The second-order valence-electron chi connectivity index (χ2n) is 5.80. The first-order valence-corrected chi connectivity index (χ1v) is 9.60. The Labute approximate surface area is 142 Å². The number of nitrogens with zero attached hydrogens (tertiary/aromatic N) is 1. The number of hydrogen-bond acceptors (Lipinski definition) is 3. The largest absolute Gasteiger partial charge is 0.311 e. The van der Waals surface area contributed by atoms with Crippen molar-refractivity contribution in [2.24, 2.45) is 0 Å². The number of fused-ring (bicyclic) bond motifs is 1. The van der Waals surface area contributed by atoms with Gasteiger partial charge in [-0.15, -0.1) is 0 Å². The Bertz CT molecular complexity index is 819. The highest BCUT2D eigenvalue weighted by Gasteiger charge is 2.26. The average Bonchev–Trinajstić information content (AvgIpc) is 2.90. The number of sulfonamides is 1. The summed E-state index contributed by atoms with van der Waals surface area (Å²) in [5, 5.41) is 0. The number of anilines is 1. The molecule has 2 aromatic rings. The van der Waals surface area contributed by atoms with E-state index in [9.17, 15) is 13.2 Å². The second kappa shape index (κ2) is 7.15. The van der Waals surface area contributed by atoms with Crippen LogP contribution in [-0.2, 0) is 27.7 Å². The number of amides is 1. The van der Waals surface area contributed by atoms with Gasteiger partial charge in [-0.3, -0.25) is 4.79 Å². The molecule has 1 heterocycles. The molecule has 0 unspecified atom stereocenters. The van der Waals surface area contributed by atoms with E-state index in [1.54, 1.807) is 4.90 Å². The third-order valence-electron chi connectivity index (χ3n) is 4.08. The summed E-state index contributed by atoms with van der Waals surface area (Å²) < 4.78 is 26.8. The maximum Gasteiger partial charge on any atom is 0.231 e. The summed E-state index contributed by atoms with van der Waals surface area (Å²) in [4.78, 5) is 13.7. The van der Waals surface area contributed by atoms with Crippen molar-refractivity contribution in [3.63, 3.8) is 0 Å². The van der Waals surface area contributed by atoms with E-state index in [-0.39, 0.29) is 18.2 Å². The van der Waals surface area contributed by atoms with Crippen molar-refractivity contribution >= 4 is 21.6 Å². The van der Waals surface area contributed by atoms with E-state index in [4.69, 9.17) is 0 Å². The van der Waals surface area contributed by atoms with Crippen LogP contribution in [0.15, 0.2) is 54.6 Å². The molecule has 0 saturated heterocycles. The number of hydrogen-bond donors (Lipinski definition) is 1. The van der Waals surface area contributed by atoms with E-state index in [2.05, 4.69) is 4.72 Å². The molecule has 2 aromatic carbocycles. The zero-order valence-electron chi connectivity index (χ0n) is 13.3. The van der Waals surface area contributed by atoms with Crippen molar-refractivity contribution in [3.05, 3.63) is 65.7 Å². The molecular weight excluding hydrogens is 324 g/mol. The van der Waals surface area contributed by atoms with Crippen LogP contribution in [0.25, 0.3) is 0 Å². The molecule has 0 spiro atoms. The molecule has 126 valence electrons. The van der Waals surface area contributed by atoms with Gasteiger partial charge in [-0.1, -0.05) is 48.5 Å². The third kappa shape index (κ3) is 4.01. The lowest BCUT2D eigenvalue weighted by molar-refractivity contribution is -0.117. The Balaban J connectivity index is 1.51. The van der Waals surface area contributed by atoms with Crippen LogP contribution in [-0.4, -0.2) is 33.2 Å². The Morgan fingerprint density at radius 2 is 1.71 bits per heavy atom. The van der Waals surface area contributed by atoms with Gasteiger partial charge in [0.1, 0.15) is 0 Å². The summed E-state index contributed by atoms with van der Waals surface area (Å²) >= 11 is 0. The molecule has 0 aromatic heterocycles. The monoisotopic (exact) mass is 344 g/mol. The number of carbonyl (C=O) groups is 1. The molecule has 0 saturated carbocycles. The number of carbonyl (C=O) groups excluding carboxylic acids is 1. The van der Waals surface area contributed by atoms with Crippen molar-refractivity contribution in [2.75, 3.05) is 23.7 Å². The normalized spacial score (nSPS) is 14.0. The zero-order chi connectivity index (χ0) is 17.0. The lowest BCUT2D eigenvalue weighted by atomic mass is 10.2. The maximum atomic E-state index is 12.1. The van der Waals surface area contributed by atoms with Gasteiger partial charge in [0, 0.05) is 18.8 Å². The molecule has 24 heavy (non-hydrogen) atoms. The standard InChI is InChI=1S/C18H20N2O3S/c21-18-14-16-8-4-5-9-17(16)20(18)12-11-19-24(22,23)13-10-15-6-2-1-3-7-15/h1-9,19H,10-14H2. The molecule has 3 rings (SSSR count). The van der Waals surface area contributed by atoms with Gasteiger partial charge in [0.2, 0.25) is 15.9 Å². The first kappa shape index (κ1) is 16.7. The molecule has 1 aliphatic rings. The Morgan fingerprint density at radius 1 is 1.00 bits per heavy atom. The Kier molecular flexibility index (Phi) is 4.97. The maximum absolute atomic E-state index is 12.1. The molecule has 0 atom stereocenters. The van der Waals surface area contributed by atoms with E-state index in [1.807, 2.05) is 54.6 Å². The van der Waals surface area contributed by atoms with E-state index in [0.717, 1.165) is 16.8 Å². The predicted molar refractivity (Wildman–Crippen MR) is 94.4 cm³/mol. The van der Waals surface area contributed by atoms with Gasteiger partial charge in [0.15, 0.2) is 0 Å². The van der Waals surface area contributed by atoms with E-state index < -0.39 is 10.0 Å². The summed E-state index contributed by atoms with van der Waals surface area (Å²) in [6, 6.07) is 17.1. The first-order valence-electron chi connectivity index (χ1n) is 7.95. The van der Waals surface area contributed by atoms with Gasteiger partial charge >= 0.3 is 0 Å². The Hall–Kier alpha value is -2.18. The zero-order valence-corrected chi connectivity index (χ0v) is 14.1. The van der Waals surface area contributed by atoms with E-state index in [1.165, 1.54) is 0 Å². The predicted octanol–water partition coefficient (Wildman–Crippen LogP) is 1.74. The third-order valence-corrected chi connectivity index (χ3v) is 5.47. The quantitative estimate of drug-likeness (QED) is 0.832. The molecule has 0 radical (unpaired) electrons. The van der Waals surface area contributed by atoms with Crippen molar-refractivity contribution in [1.29, 1.82) is 0 Å². The molecule has 0 aliphatic carbocycles. The number of para-hydroxylation sites is 1. The molecule has 0 bridgehead atoms. The minimum absolute atomic E-state index is 0.0136. The van der Waals surface area contributed by atoms with Gasteiger partial charge in [-0.2, -0.15) is 0 Å². The minimum atomic E-state index is -3.35. The summed E-state index contributed by atoms with van der Waals surface area (Å²) in [7, 11) is -3.35. The van der Waals surface area contributed by atoms with Gasteiger partial charge in [-0.25, -0.2) is 13.1 Å². The van der Waals surface area contributed by atoms with Crippen molar-refractivity contribution in [1.82, 2.24) is 4.72 Å².